The van der Waals surface area contributed by atoms with E-state index in [0.29, 0.717) is 37.7 Å². The van der Waals surface area contributed by atoms with Gasteiger partial charge in [-0.2, -0.15) is 0 Å². The van der Waals surface area contributed by atoms with Gasteiger partial charge < -0.3 is 14.2 Å². The number of aromatic nitrogens is 2. The Morgan fingerprint density at radius 2 is 2.06 bits per heavy atom. The minimum absolute atomic E-state index is 0.202. The van der Waals surface area contributed by atoms with Crippen molar-refractivity contribution in [3.05, 3.63) is 84.8 Å². The van der Waals surface area contributed by atoms with Crippen LogP contribution in [0.4, 0.5) is 0 Å². The minimum Gasteiger partial charge on any atom is -0.497 e. The van der Waals surface area contributed by atoms with Crippen LogP contribution in [0.15, 0.2) is 63.8 Å². The average Bonchev–Trinajstić information content (AvgIpc) is 3.12. The zero-order valence-corrected chi connectivity index (χ0v) is 19.5. The normalized spacial score (nSPS) is 15.6. The largest absolute Gasteiger partial charge is 0.497 e. The van der Waals surface area contributed by atoms with Gasteiger partial charge in [0.15, 0.2) is 4.80 Å². The molecule has 0 saturated heterocycles. The Morgan fingerprint density at radius 3 is 2.73 bits per heavy atom. The minimum atomic E-state index is -0.766. The predicted octanol–water partition coefficient (Wildman–Crippen LogP) is 2.21. The summed E-state index contributed by atoms with van der Waals surface area (Å²) >= 11 is 1.26. The van der Waals surface area contributed by atoms with Gasteiger partial charge in [0.25, 0.3) is 5.56 Å². The Morgan fingerprint density at radius 1 is 1.24 bits per heavy atom. The molecule has 1 aromatic carbocycles. The van der Waals surface area contributed by atoms with E-state index in [2.05, 4.69) is 9.98 Å². The second-order valence-corrected chi connectivity index (χ2v) is 8.21. The van der Waals surface area contributed by atoms with Crippen molar-refractivity contribution in [1.82, 2.24) is 9.55 Å². The number of benzene rings is 1. The quantitative estimate of drug-likeness (QED) is 0.519. The van der Waals surface area contributed by atoms with E-state index in [1.165, 1.54) is 23.0 Å². The van der Waals surface area contributed by atoms with Crippen molar-refractivity contribution in [2.24, 2.45) is 4.99 Å². The molecule has 1 aliphatic heterocycles. The number of pyridine rings is 1. The highest BCUT2D eigenvalue weighted by atomic mass is 32.1. The second kappa shape index (κ2) is 9.41. The van der Waals surface area contributed by atoms with Crippen LogP contribution in [0, 0.1) is 0 Å². The molecule has 9 heteroatoms. The zero-order chi connectivity index (χ0) is 23.5. The number of methoxy groups -OCH3 is 2. The molecule has 0 fully saturated rings. The lowest BCUT2D eigenvalue weighted by atomic mass is 9.95. The fourth-order valence-corrected chi connectivity index (χ4v) is 4.79. The first kappa shape index (κ1) is 22.5. The molecule has 8 nitrogen and oxygen atoms in total. The lowest BCUT2D eigenvalue weighted by Crippen LogP contribution is -2.40. The van der Waals surface area contributed by atoms with Crippen LogP contribution in [0.3, 0.4) is 0 Å². The third kappa shape index (κ3) is 4.19. The van der Waals surface area contributed by atoms with Crippen molar-refractivity contribution in [2.75, 3.05) is 20.8 Å². The molecule has 2 aromatic heterocycles. The molecule has 33 heavy (non-hydrogen) atoms. The van der Waals surface area contributed by atoms with E-state index >= 15 is 0 Å². The third-order valence-electron chi connectivity index (χ3n) is 5.23. The van der Waals surface area contributed by atoms with Gasteiger partial charge in [0.2, 0.25) is 0 Å². The molecular formula is C24H23N3O5S. The van der Waals surface area contributed by atoms with E-state index in [0.717, 1.165) is 5.56 Å². The average molecular weight is 466 g/mol. The van der Waals surface area contributed by atoms with Crippen LogP contribution >= 0.6 is 11.3 Å². The van der Waals surface area contributed by atoms with Crippen molar-refractivity contribution in [3.8, 4) is 11.5 Å². The zero-order valence-electron chi connectivity index (χ0n) is 18.7. The van der Waals surface area contributed by atoms with Gasteiger partial charge in [-0.3, -0.25) is 14.3 Å². The number of ether oxygens (including phenoxy) is 3. The fourth-order valence-electron chi connectivity index (χ4n) is 3.74. The van der Waals surface area contributed by atoms with Crippen LogP contribution in [-0.4, -0.2) is 36.3 Å². The summed E-state index contributed by atoms with van der Waals surface area (Å²) in [5.74, 6) is 0.554. The summed E-state index contributed by atoms with van der Waals surface area (Å²) in [6, 6.07) is 8.18. The fraction of sp³-hybridized carbons (Fsp3) is 0.250. The lowest BCUT2D eigenvalue weighted by Gasteiger charge is -2.26. The molecule has 0 aliphatic carbocycles. The number of nitrogens with zero attached hydrogens (tertiary/aromatic N) is 3. The molecule has 4 rings (SSSR count). The van der Waals surface area contributed by atoms with Crippen LogP contribution in [0.5, 0.6) is 11.5 Å². The molecule has 0 radical (unpaired) electrons. The van der Waals surface area contributed by atoms with E-state index in [9.17, 15) is 9.59 Å². The van der Waals surface area contributed by atoms with Gasteiger partial charge in [-0.1, -0.05) is 17.4 Å². The van der Waals surface area contributed by atoms with Crippen molar-refractivity contribution >= 4 is 23.4 Å². The number of fused-ring (bicyclic) bond motifs is 1. The Labute approximate surface area is 194 Å². The highest BCUT2D eigenvalue weighted by molar-refractivity contribution is 7.07. The van der Waals surface area contributed by atoms with Gasteiger partial charge in [-0.05, 0) is 43.7 Å². The molecule has 0 bridgehead atoms. The van der Waals surface area contributed by atoms with Crippen LogP contribution in [0.1, 0.15) is 31.0 Å². The summed E-state index contributed by atoms with van der Waals surface area (Å²) in [6.07, 6.45) is 5.11. The second-order valence-electron chi connectivity index (χ2n) is 7.20. The smallest absolute Gasteiger partial charge is 0.338 e. The van der Waals surface area contributed by atoms with E-state index in [4.69, 9.17) is 14.2 Å². The third-order valence-corrected chi connectivity index (χ3v) is 6.22. The van der Waals surface area contributed by atoms with Gasteiger partial charge in [0, 0.05) is 24.0 Å². The first-order valence-corrected chi connectivity index (χ1v) is 11.1. The highest BCUT2D eigenvalue weighted by Gasteiger charge is 2.35. The van der Waals surface area contributed by atoms with Gasteiger partial charge in [0.1, 0.15) is 17.5 Å². The number of carbonyl (C=O) groups is 1. The van der Waals surface area contributed by atoms with Crippen LogP contribution < -0.4 is 24.4 Å². The van der Waals surface area contributed by atoms with E-state index in [-0.39, 0.29) is 12.2 Å². The molecule has 1 atom stereocenters. The van der Waals surface area contributed by atoms with Gasteiger partial charge >= 0.3 is 5.97 Å². The molecule has 0 saturated carbocycles. The Balaban J connectivity index is 2.00. The summed E-state index contributed by atoms with van der Waals surface area (Å²) in [5.41, 5.74) is 1.94. The summed E-state index contributed by atoms with van der Waals surface area (Å²) < 4.78 is 18.3. The van der Waals surface area contributed by atoms with Crippen molar-refractivity contribution in [2.45, 2.75) is 19.9 Å². The number of thiazole rings is 1. The van der Waals surface area contributed by atoms with Gasteiger partial charge in [-0.25, -0.2) is 9.79 Å². The predicted molar refractivity (Wildman–Crippen MR) is 124 cm³/mol. The molecule has 0 unspecified atom stereocenters. The Kier molecular flexibility index (Phi) is 6.41. The Bertz CT molecular complexity index is 1410. The van der Waals surface area contributed by atoms with Gasteiger partial charge in [0.05, 0.1) is 36.6 Å². The van der Waals surface area contributed by atoms with E-state index in [1.54, 1.807) is 63.7 Å². The molecule has 0 spiro atoms. The molecule has 0 N–H and O–H groups in total. The maximum Gasteiger partial charge on any atom is 0.338 e. The summed E-state index contributed by atoms with van der Waals surface area (Å²) in [5, 5.41) is 0. The number of carbonyl (C=O) groups excluding carboxylic acids is 1. The van der Waals surface area contributed by atoms with E-state index in [1.807, 2.05) is 6.07 Å². The number of hydrogen-bond acceptors (Lipinski definition) is 8. The number of esters is 1. The summed E-state index contributed by atoms with van der Waals surface area (Å²) in [7, 11) is 3.09. The number of rotatable bonds is 6. The SMILES string of the molecule is CCOC(=O)C1=C(C)N=c2s/c(=C/c3cccnc3)c(=O)n2[C@@H]1c1ccc(OC)cc1OC. The van der Waals surface area contributed by atoms with Crippen molar-refractivity contribution < 1.29 is 19.0 Å². The van der Waals surface area contributed by atoms with Crippen LogP contribution in [0.25, 0.3) is 6.08 Å². The molecule has 170 valence electrons. The maximum absolute atomic E-state index is 13.6. The monoisotopic (exact) mass is 465 g/mol. The standard InChI is InChI=1S/C24H23N3O5S/c1-5-32-23(29)20-14(2)26-24-27(21(20)17-9-8-16(30-3)12-18(17)31-4)22(28)19(33-24)11-15-7-6-10-25-13-15/h6-13,21H,5H2,1-4H3/b19-11+/t21-/m1/s1. The molecule has 0 amide bonds. The summed E-state index contributed by atoms with van der Waals surface area (Å²) in [6.45, 7) is 3.68. The van der Waals surface area contributed by atoms with Crippen molar-refractivity contribution in [3.63, 3.8) is 0 Å². The van der Waals surface area contributed by atoms with E-state index < -0.39 is 12.0 Å². The first-order chi connectivity index (χ1) is 16.0. The first-order valence-electron chi connectivity index (χ1n) is 10.3. The molecule has 3 aromatic rings. The lowest BCUT2D eigenvalue weighted by molar-refractivity contribution is -0.139. The topological polar surface area (TPSA) is 92.0 Å². The van der Waals surface area contributed by atoms with Crippen LogP contribution in [-0.2, 0) is 9.53 Å². The van der Waals surface area contributed by atoms with Crippen LogP contribution in [0.2, 0.25) is 0 Å². The van der Waals surface area contributed by atoms with Crippen molar-refractivity contribution in [1.29, 1.82) is 0 Å². The summed E-state index contributed by atoms with van der Waals surface area (Å²) in [4.78, 5) is 35.8. The number of hydrogen-bond donors (Lipinski definition) is 0. The van der Waals surface area contributed by atoms with Gasteiger partial charge in [-0.15, -0.1) is 0 Å². The molecule has 3 heterocycles. The highest BCUT2D eigenvalue weighted by Crippen LogP contribution is 2.37. The maximum atomic E-state index is 13.6. The molecule has 1 aliphatic rings. The number of allylic oxidation sites excluding steroid dienone is 1. The Hall–Kier alpha value is -3.72. The molecular weight excluding hydrogens is 442 g/mol.